The lowest BCUT2D eigenvalue weighted by atomic mass is 10.0. The number of nitrogens with one attached hydrogen (secondary N) is 1. The van der Waals surface area contributed by atoms with E-state index in [1.54, 1.807) is 0 Å². The van der Waals surface area contributed by atoms with Crippen LogP contribution in [0.2, 0.25) is 0 Å². The van der Waals surface area contributed by atoms with Crippen molar-refractivity contribution in [2.75, 3.05) is 26.3 Å². The number of aromatic nitrogens is 2. The van der Waals surface area contributed by atoms with E-state index in [9.17, 15) is 0 Å². The molecule has 0 radical (unpaired) electrons. The fourth-order valence-corrected chi connectivity index (χ4v) is 2.61. The van der Waals surface area contributed by atoms with E-state index in [4.69, 9.17) is 9.26 Å². The molecule has 1 aromatic rings. The number of hydrogen-bond acceptors (Lipinski definition) is 5. The Morgan fingerprint density at radius 1 is 1.24 bits per heavy atom. The van der Waals surface area contributed by atoms with Crippen LogP contribution in [0.4, 0.5) is 0 Å². The summed E-state index contributed by atoms with van der Waals surface area (Å²) in [6.07, 6.45) is 4.18. The second-order valence-electron chi connectivity index (χ2n) is 5.00. The molecule has 1 atom stereocenters. The number of hydrogen-bond donors (Lipinski definition) is 1. The van der Waals surface area contributed by atoms with Crippen molar-refractivity contribution >= 4 is 0 Å². The highest BCUT2D eigenvalue weighted by Gasteiger charge is 2.23. The minimum Gasteiger partial charge on any atom is -0.381 e. The first-order chi connectivity index (χ1) is 8.42. The molecule has 3 rings (SSSR count). The van der Waals surface area contributed by atoms with Crippen LogP contribution in [0.15, 0.2) is 4.52 Å². The van der Waals surface area contributed by atoms with Crippen molar-refractivity contribution in [2.45, 2.75) is 31.6 Å². The van der Waals surface area contributed by atoms with Crippen molar-refractivity contribution < 1.29 is 9.26 Å². The van der Waals surface area contributed by atoms with Gasteiger partial charge in [0.2, 0.25) is 5.89 Å². The van der Waals surface area contributed by atoms with E-state index in [1.807, 2.05) is 0 Å². The Labute approximate surface area is 101 Å². The molecule has 2 saturated heterocycles. The Hall–Kier alpha value is -0.940. The summed E-state index contributed by atoms with van der Waals surface area (Å²) in [5.41, 5.74) is 0. The fraction of sp³-hybridized carbons (Fsp3) is 0.833. The Morgan fingerprint density at radius 3 is 2.88 bits per heavy atom. The lowest BCUT2D eigenvalue weighted by Gasteiger charge is -2.17. The monoisotopic (exact) mass is 237 g/mol. The molecule has 2 aliphatic heterocycles. The van der Waals surface area contributed by atoms with Gasteiger partial charge >= 0.3 is 0 Å². The predicted molar refractivity (Wildman–Crippen MR) is 61.8 cm³/mol. The van der Waals surface area contributed by atoms with Crippen molar-refractivity contribution in [3.63, 3.8) is 0 Å². The predicted octanol–water partition coefficient (Wildman–Crippen LogP) is 1.12. The summed E-state index contributed by atoms with van der Waals surface area (Å²) in [5.74, 6) is 2.77. The van der Waals surface area contributed by atoms with E-state index in [2.05, 4.69) is 15.5 Å². The van der Waals surface area contributed by atoms with Gasteiger partial charge in [-0.25, -0.2) is 0 Å². The summed E-state index contributed by atoms with van der Waals surface area (Å²) in [4.78, 5) is 4.54. The summed E-state index contributed by atoms with van der Waals surface area (Å²) in [7, 11) is 0. The zero-order chi connectivity index (χ0) is 11.5. The summed E-state index contributed by atoms with van der Waals surface area (Å²) in [5, 5.41) is 7.46. The van der Waals surface area contributed by atoms with E-state index >= 15 is 0 Å². The molecule has 0 saturated carbocycles. The normalized spacial score (nSPS) is 26.5. The number of nitrogens with zero attached hydrogens (tertiary/aromatic N) is 2. The first-order valence-corrected chi connectivity index (χ1v) is 6.53. The van der Waals surface area contributed by atoms with E-state index in [0.717, 1.165) is 57.3 Å². The first-order valence-electron chi connectivity index (χ1n) is 6.53. The van der Waals surface area contributed by atoms with Crippen molar-refractivity contribution in [1.82, 2.24) is 15.5 Å². The topological polar surface area (TPSA) is 60.2 Å². The molecular weight excluding hydrogens is 218 g/mol. The zero-order valence-electron chi connectivity index (χ0n) is 10.0. The molecule has 1 N–H and O–H groups in total. The van der Waals surface area contributed by atoms with Gasteiger partial charge in [0.1, 0.15) is 0 Å². The van der Waals surface area contributed by atoms with Gasteiger partial charge in [0.25, 0.3) is 0 Å². The second kappa shape index (κ2) is 5.14. The quantitative estimate of drug-likeness (QED) is 0.853. The van der Waals surface area contributed by atoms with E-state index < -0.39 is 0 Å². The fourth-order valence-electron chi connectivity index (χ4n) is 2.61. The van der Waals surface area contributed by atoms with Crippen LogP contribution in [-0.2, 0) is 11.2 Å². The Bertz CT molecular complexity index is 354. The van der Waals surface area contributed by atoms with E-state index in [1.165, 1.54) is 6.42 Å². The average Bonchev–Trinajstić information content (AvgIpc) is 3.02. The molecule has 3 heterocycles. The average molecular weight is 237 g/mol. The highest BCUT2D eigenvalue weighted by molar-refractivity contribution is 4.96. The van der Waals surface area contributed by atoms with Gasteiger partial charge in [0, 0.05) is 25.6 Å². The Morgan fingerprint density at radius 2 is 2.12 bits per heavy atom. The van der Waals surface area contributed by atoms with Crippen molar-refractivity contribution in [3.05, 3.63) is 11.7 Å². The highest BCUT2D eigenvalue weighted by Crippen LogP contribution is 2.25. The largest absolute Gasteiger partial charge is 0.381 e. The molecule has 0 unspecified atom stereocenters. The van der Waals surface area contributed by atoms with Crippen LogP contribution in [0.5, 0.6) is 0 Å². The van der Waals surface area contributed by atoms with E-state index in [0.29, 0.717) is 11.8 Å². The van der Waals surface area contributed by atoms with Crippen LogP contribution in [-0.4, -0.2) is 36.4 Å². The maximum absolute atomic E-state index is 5.38. The standard InChI is InChI=1S/C12H19N3O2/c1-4-13-8-9(1)7-11-14-12(17-15-11)10-2-5-16-6-3-10/h9-10,13H,1-8H2/t9-/m0/s1. The van der Waals surface area contributed by atoms with E-state index in [-0.39, 0.29) is 0 Å². The van der Waals surface area contributed by atoms with Gasteiger partial charge in [-0.05, 0) is 38.3 Å². The molecule has 2 aliphatic rings. The molecule has 0 amide bonds. The van der Waals surface area contributed by atoms with Gasteiger partial charge < -0.3 is 14.6 Å². The van der Waals surface area contributed by atoms with Crippen molar-refractivity contribution in [3.8, 4) is 0 Å². The molecule has 0 aromatic carbocycles. The molecule has 1 aromatic heterocycles. The minimum atomic E-state index is 0.409. The highest BCUT2D eigenvalue weighted by atomic mass is 16.5. The van der Waals surface area contributed by atoms with Crippen LogP contribution < -0.4 is 5.32 Å². The number of ether oxygens (including phenoxy) is 1. The maximum atomic E-state index is 5.38. The van der Waals surface area contributed by atoms with Crippen LogP contribution in [0, 0.1) is 5.92 Å². The molecule has 0 aliphatic carbocycles. The van der Waals surface area contributed by atoms with Gasteiger partial charge in [-0.2, -0.15) is 4.98 Å². The Kier molecular flexibility index (Phi) is 3.38. The third-order valence-corrected chi connectivity index (χ3v) is 3.69. The van der Waals surface area contributed by atoms with Crippen LogP contribution in [0.25, 0.3) is 0 Å². The molecule has 5 nitrogen and oxygen atoms in total. The molecule has 2 fully saturated rings. The van der Waals surface area contributed by atoms with Crippen LogP contribution >= 0.6 is 0 Å². The SMILES string of the molecule is C1C[C@@H](Cc2noc(C3CCOCC3)n2)CN1. The third-order valence-electron chi connectivity index (χ3n) is 3.69. The second-order valence-corrected chi connectivity index (χ2v) is 5.00. The summed E-state index contributed by atoms with van der Waals surface area (Å²) < 4.78 is 10.7. The molecule has 5 heteroatoms. The van der Waals surface area contributed by atoms with Crippen LogP contribution in [0.1, 0.15) is 36.9 Å². The lowest BCUT2D eigenvalue weighted by molar-refractivity contribution is 0.0778. The smallest absolute Gasteiger partial charge is 0.229 e. The minimum absolute atomic E-state index is 0.409. The third kappa shape index (κ3) is 2.66. The van der Waals surface area contributed by atoms with Gasteiger partial charge in [-0.3, -0.25) is 0 Å². The summed E-state index contributed by atoms with van der Waals surface area (Å²) in [6, 6.07) is 0. The van der Waals surface area contributed by atoms with Gasteiger partial charge in [-0.15, -0.1) is 0 Å². The van der Waals surface area contributed by atoms with Crippen LogP contribution in [0.3, 0.4) is 0 Å². The lowest BCUT2D eigenvalue weighted by Crippen LogP contribution is -2.14. The molecule has 0 spiro atoms. The summed E-state index contributed by atoms with van der Waals surface area (Å²) in [6.45, 7) is 3.83. The molecule has 17 heavy (non-hydrogen) atoms. The van der Waals surface area contributed by atoms with Gasteiger partial charge in [0.15, 0.2) is 5.82 Å². The van der Waals surface area contributed by atoms with Crippen molar-refractivity contribution in [1.29, 1.82) is 0 Å². The Balaban J connectivity index is 1.60. The first kappa shape index (κ1) is 11.2. The molecular formula is C12H19N3O2. The zero-order valence-corrected chi connectivity index (χ0v) is 10.0. The maximum Gasteiger partial charge on any atom is 0.229 e. The molecule has 94 valence electrons. The van der Waals surface area contributed by atoms with Crippen molar-refractivity contribution in [2.24, 2.45) is 5.92 Å². The van der Waals surface area contributed by atoms with Gasteiger partial charge in [-0.1, -0.05) is 5.16 Å². The summed E-state index contributed by atoms with van der Waals surface area (Å²) >= 11 is 0. The molecule has 0 bridgehead atoms. The number of rotatable bonds is 3. The van der Waals surface area contributed by atoms with Gasteiger partial charge in [0.05, 0.1) is 0 Å².